The second kappa shape index (κ2) is 12.2. The average molecular weight is 590 g/mol. The number of hydrazone groups is 1. The Labute approximate surface area is 244 Å². The second-order valence-electron chi connectivity index (χ2n) is 8.76. The zero-order valence-corrected chi connectivity index (χ0v) is 23.1. The first-order valence-electron chi connectivity index (χ1n) is 12.5. The molecule has 0 bridgehead atoms. The molecule has 0 aliphatic rings. The molecule has 7 nitrogen and oxygen atoms in total. The number of carbonyl (C=O) groups excluding carboxylic acids is 2. The topological polar surface area (TPSA) is 92.8 Å². The number of aromatic amines is 1. The second-order valence-corrected chi connectivity index (χ2v) is 9.60. The number of nitrogens with zero attached hydrogens (tertiary/aromatic N) is 1. The van der Waals surface area contributed by atoms with Crippen LogP contribution in [-0.2, 0) is 0 Å². The smallest absolute Gasteiger partial charge is 0.345 e. The number of halogens is 3. The largest absolute Gasteiger partial charge is 0.490 e. The molecule has 0 aliphatic carbocycles. The summed E-state index contributed by atoms with van der Waals surface area (Å²) in [6.45, 7) is 2.10. The molecular weight excluding hydrogens is 568 g/mol. The fourth-order valence-corrected chi connectivity index (χ4v) is 4.73. The van der Waals surface area contributed by atoms with Gasteiger partial charge in [-0.15, -0.1) is 0 Å². The van der Waals surface area contributed by atoms with Gasteiger partial charge in [0.25, 0.3) is 5.91 Å². The van der Waals surface area contributed by atoms with E-state index in [1.807, 2.05) is 30.3 Å². The fraction of sp³-hybridized carbons (Fsp3) is 0.0645. The lowest BCUT2D eigenvalue weighted by Gasteiger charge is -2.12. The number of rotatable bonds is 8. The first-order valence-corrected chi connectivity index (χ1v) is 13.2. The fourth-order valence-electron chi connectivity index (χ4n) is 4.25. The maximum atomic E-state index is 14.5. The molecule has 0 fully saturated rings. The quantitative estimate of drug-likeness (QED) is 0.0840. The van der Waals surface area contributed by atoms with Crippen LogP contribution in [0.5, 0.6) is 11.5 Å². The van der Waals surface area contributed by atoms with Crippen molar-refractivity contribution < 1.29 is 23.5 Å². The van der Waals surface area contributed by atoms with Crippen molar-refractivity contribution in [2.75, 3.05) is 6.61 Å². The molecule has 0 unspecified atom stereocenters. The molecular formula is C31H22Cl2FN3O4. The summed E-state index contributed by atoms with van der Waals surface area (Å²) < 4.78 is 25.7. The SMILES string of the molecule is CCOc1cc(C=NNC(=O)c2[nH]c3c(F)cccc3c2-c2ccccc2)ccc1OC(=O)c1ccc(Cl)cc1Cl. The van der Waals surface area contributed by atoms with Crippen molar-refractivity contribution >= 4 is 52.2 Å². The lowest BCUT2D eigenvalue weighted by Crippen LogP contribution is -2.19. The molecule has 4 aromatic carbocycles. The van der Waals surface area contributed by atoms with E-state index in [0.29, 0.717) is 33.9 Å². The summed E-state index contributed by atoms with van der Waals surface area (Å²) >= 11 is 12.0. The number of esters is 1. The van der Waals surface area contributed by atoms with Gasteiger partial charge >= 0.3 is 5.97 Å². The zero-order valence-electron chi connectivity index (χ0n) is 21.6. The molecule has 5 rings (SSSR count). The third-order valence-corrected chi connectivity index (χ3v) is 6.62. The summed E-state index contributed by atoms with van der Waals surface area (Å²) in [6.07, 6.45) is 1.41. The number of hydrogen-bond acceptors (Lipinski definition) is 5. The van der Waals surface area contributed by atoms with Gasteiger partial charge in [-0.05, 0) is 60.5 Å². The van der Waals surface area contributed by atoms with Crippen LogP contribution in [0.1, 0.15) is 33.3 Å². The highest BCUT2D eigenvalue weighted by atomic mass is 35.5. The lowest BCUT2D eigenvalue weighted by atomic mass is 10.0. The number of hydrogen-bond donors (Lipinski definition) is 2. The molecule has 41 heavy (non-hydrogen) atoms. The van der Waals surface area contributed by atoms with Crippen LogP contribution in [0.2, 0.25) is 10.0 Å². The average Bonchev–Trinajstić information content (AvgIpc) is 3.36. The van der Waals surface area contributed by atoms with Crippen LogP contribution in [0.4, 0.5) is 4.39 Å². The number of fused-ring (bicyclic) bond motifs is 1. The van der Waals surface area contributed by atoms with E-state index in [2.05, 4.69) is 15.5 Å². The van der Waals surface area contributed by atoms with Crippen molar-refractivity contribution in [1.29, 1.82) is 0 Å². The predicted molar refractivity (Wildman–Crippen MR) is 158 cm³/mol. The van der Waals surface area contributed by atoms with Gasteiger partial charge in [-0.1, -0.05) is 65.7 Å². The molecule has 0 radical (unpaired) electrons. The Hall–Kier alpha value is -4.66. The summed E-state index contributed by atoms with van der Waals surface area (Å²) in [5.41, 5.74) is 4.93. The Bertz CT molecular complexity index is 1790. The summed E-state index contributed by atoms with van der Waals surface area (Å²) in [6, 6.07) is 23.2. The number of aromatic nitrogens is 1. The monoisotopic (exact) mass is 589 g/mol. The van der Waals surface area contributed by atoms with Crippen molar-refractivity contribution in [3.63, 3.8) is 0 Å². The van der Waals surface area contributed by atoms with Gasteiger partial charge in [-0.2, -0.15) is 5.10 Å². The Morgan fingerprint density at radius 1 is 0.976 bits per heavy atom. The van der Waals surface area contributed by atoms with Gasteiger partial charge in [0.15, 0.2) is 11.5 Å². The van der Waals surface area contributed by atoms with Crippen LogP contribution in [-0.4, -0.2) is 29.7 Å². The molecule has 1 amide bonds. The van der Waals surface area contributed by atoms with Crippen LogP contribution < -0.4 is 14.9 Å². The molecule has 1 heterocycles. The zero-order chi connectivity index (χ0) is 28.9. The number of benzene rings is 4. The number of carbonyl (C=O) groups is 2. The first-order chi connectivity index (χ1) is 19.9. The van der Waals surface area contributed by atoms with Crippen LogP contribution in [0.3, 0.4) is 0 Å². The van der Waals surface area contributed by atoms with Crippen molar-refractivity contribution in [2.24, 2.45) is 5.10 Å². The van der Waals surface area contributed by atoms with Gasteiger partial charge in [0.05, 0.1) is 28.9 Å². The third kappa shape index (κ3) is 6.09. The number of nitrogens with one attached hydrogen (secondary N) is 2. The van der Waals surface area contributed by atoms with E-state index in [-0.39, 0.29) is 27.5 Å². The summed E-state index contributed by atoms with van der Waals surface area (Å²) in [4.78, 5) is 28.7. The lowest BCUT2D eigenvalue weighted by molar-refractivity contribution is 0.0728. The molecule has 0 spiro atoms. The van der Waals surface area contributed by atoms with Crippen molar-refractivity contribution in [3.8, 4) is 22.6 Å². The summed E-state index contributed by atoms with van der Waals surface area (Å²) in [5.74, 6) is -1.23. The highest BCUT2D eigenvalue weighted by molar-refractivity contribution is 6.36. The normalized spacial score (nSPS) is 11.1. The van der Waals surface area contributed by atoms with Gasteiger partial charge < -0.3 is 14.5 Å². The molecule has 0 saturated heterocycles. The van der Waals surface area contributed by atoms with Gasteiger partial charge in [0.2, 0.25) is 0 Å². The highest BCUT2D eigenvalue weighted by Gasteiger charge is 2.21. The van der Waals surface area contributed by atoms with Crippen LogP contribution in [0, 0.1) is 5.82 Å². The Balaban J connectivity index is 1.36. The van der Waals surface area contributed by atoms with Gasteiger partial charge in [-0.25, -0.2) is 14.6 Å². The van der Waals surface area contributed by atoms with Gasteiger partial charge in [0, 0.05) is 16.0 Å². The minimum absolute atomic E-state index is 0.151. The van der Waals surface area contributed by atoms with E-state index >= 15 is 0 Å². The molecule has 10 heteroatoms. The number of H-pyrrole nitrogens is 1. The standard InChI is InChI=1S/C31H22Cl2FN3O4/c1-2-40-26-15-18(11-14-25(26)41-31(39)21-13-12-20(32)16-23(21)33)17-35-37-30(38)29-27(19-7-4-3-5-8-19)22-9-6-10-24(34)28(22)36-29/h3-17,36H,2H2,1H3,(H,37,38). The van der Waals surface area contributed by atoms with E-state index in [1.54, 1.807) is 37.3 Å². The molecule has 0 aliphatic heterocycles. The maximum absolute atomic E-state index is 14.5. The summed E-state index contributed by atoms with van der Waals surface area (Å²) in [5, 5.41) is 5.21. The van der Waals surface area contributed by atoms with Gasteiger partial charge in [0.1, 0.15) is 11.5 Å². The first kappa shape index (κ1) is 27.9. The molecule has 1 aromatic heterocycles. The minimum atomic E-state index is -0.676. The van der Waals surface area contributed by atoms with E-state index in [9.17, 15) is 14.0 Å². The molecule has 0 saturated carbocycles. The van der Waals surface area contributed by atoms with Crippen molar-refractivity contribution in [1.82, 2.24) is 10.4 Å². The van der Waals surface area contributed by atoms with E-state index in [0.717, 1.165) is 5.56 Å². The molecule has 0 atom stereocenters. The number of ether oxygens (including phenoxy) is 2. The van der Waals surface area contributed by atoms with Crippen molar-refractivity contribution in [2.45, 2.75) is 6.92 Å². The molecule has 206 valence electrons. The van der Waals surface area contributed by atoms with E-state index in [1.165, 1.54) is 30.5 Å². The van der Waals surface area contributed by atoms with Crippen LogP contribution in [0.25, 0.3) is 22.0 Å². The number of para-hydroxylation sites is 1. The predicted octanol–water partition coefficient (Wildman–Crippen LogP) is 7.66. The highest BCUT2D eigenvalue weighted by Crippen LogP contribution is 2.34. The third-order valence-electron chi connectivity index (χ3n) is 6.07. The van der Waals surface area contributed by atoms with Crippen molar-refractivity contribution in [3.05, 3.63) is 118 Å². The van der Waals surface area contributed by atoms with E-state index < -0.39 is 17.7 Å². The Morgan fingerprint density at radius 3 is 2.54 bits per heavy atom. The van der Waals surface area contributed by atoms with E-state index in [4.69, 9.17) is 32.7 Å². The minimum Gasteiger partial charge on any atom is -0.490 e. The maximum Gasteiger partial charge on any atom is 0.345 e. The summed E-state index contributed by atoms with van der Waals surface area (Å²) in [7, 11) is 0. The Kier molecular flexibility index (Phi) is 8.33. The van der Waals surface area contributed by atoms with Crippen LogP contribution >= 0.6 is 23.2 Å². The van der Waals surface area contributed by atoms with Crippen LogP contribution in [0.15, 0.2) is 90.0 Å². The van der Waals surface area contributed by atoms with Gasteiger partial charge in [-0.3, -0.25) is 4.79 Å². The number of amides is 1. The molecule has 5 aromatic rings. The molecule has 2 N–H and O–H groups in total. The Morgan fingerprint density at radius 2 is 1.78 bits per heavy atom.